The molecule has 4 rings (SSSR count). The van der Waals surface area contributed by atoms with Crippen molar-refractivity contribution in [3.63, 3.8) is 0 Å². The number of aromatic nitrogens is 2. The number of thiophene rings is 1. The van der Waals surface area contributed by atoms with Crippen molar-refractivity contribution in [2.24, 2.45) is 5.92 Å². The molecule has 7 heteroatoms. The van der Waals surface area contributed by atoms with E-state index < -0.39 is 0 Å². The van der Waals surface area contributed by atoms with Crippen LogP contribution in [-0.2, 0) is 17.6 Å². The van der Waals surface area contributed by atoms with Crippen molar-refractivity contribution < 1.29 is 9.53 Å². The van der Waals surface area contributed by atoms with Crippen molar-refractivity contribution in [3.05, 3.63) is 41.0 Å². The van der Waals surface area contributed by atoms with Gasteiger partial charge in [0.2, 0.25) is 5.91 Å². The molecule has 1 atom stereocenters. The molecule has 3 aromatic rings. The Hall–Kier alpha value is -2.12. The van der Waals surface area contributed by atoms with Crippen LogP contribution in [0.3, 0.4) is 0 Å². The van der Waals surface area contributed by atoms with E-state index in [-0.39, 0.29) is 5.91 Å². The minimum Gasteiger partial charge on any atom is -0.497 e. The first-order valence-electron chi connectivity index (χ1n) is 8.96. The zero-order valence-electron chi connectivity index (χ0n) is 15.3. The maximum atomic E-state index is 12.3. The van der Waals surface area contributed by atoms with E-state index in [1.54, 1.807) is 24.8 Å². The number of methoxy groups -OCH3 is 1. The van der Waals surface area contributed by atoms with Gasteiger partial charge in [-0.25, -0.2) is 9.97 Å². The van der Waals surface area contributed by atoms with Crippen molar-refractivity contribution in [3.8, 4) is 5.75 Å². The Morgan fingerprint density at radius 3 is 2.93 bits per heavy atom. The standard InChI is InChI=1S/C20H21N3O2S2/c1-12-3-8-15-16(9-12)27-20-18(15)19(21-11-22-20)26-10-17(24)23-13-4-6-14(25-2)7-5-13/h4-7,11-12H,3,8-10H2,1-2H3,(H,23,24). The molecule has 1 aromatic carbocycles. The number of rotatable bonds is 5. The van der Waals surface area contributed by atoms with Crippen LogP contribution in [0.2, 0.25) is 0 Å². The van der Waals surface area contributed by atoms with Crippen LogP contribution in [0.1, 0.15) is 23.8 Å². The average molecular weight is 400 g/mol. The molecular formula is C20H21N3O2S2. The minimum absolute atomic E-state index is 0.0466. The minimum atomic E-state index is -0.0466. The maximum absolute atomic E-state index is 12.3. The molecule has 0 bridgehead atoms. The van der Waals surface area contributed by atoms with Crippen LogP contribution in [0.4, 0.5) is 5.69 Å². The highest BCUT2D eigenvalue weighted by Gasteiger charge is 2.23. The molecule has 0 saturated carbocycles. The summed E-state index contributed by atoms with van der Waals surface area (Å²) >= 11 is 3.26. The molecule has 1 aliphatic rings. The number of amides is 1. The number of carbonyl (C=O) groups is 1. The molecule has 1 N–H and O–H groups in total. The summed E-state index contributed by atoms with van der Waals surface area (Å²) in [7, 11) is 1.62. The van der Waals surface area contributed by atoms with E-state index in [0.717, 1.165) is 45.4 Å². The Balaban J connectivity index is 1.47. The first-order valence-corrected chi connectivity index (χ1v) is 10.8. The summed E-state index contributed by atoms with van der Waals surface area (Å²) < 4.78 is 5.13. The van der Waals surface area contributed by atoms with E-state index in [9.17, 15) is 4.79 Å². The van der Waals surface area contributed by atoms with Gasteiger partial charge in [-0.1, -0.05) is 18.7 Å². The molecule has 0 radical (unpaired) electrons. The number of anilines is 1. The highest BCUT2D eigenvalue weighted by Crippen LogP contribution is 2.40. The van der Waals surface area contributed by atoms with Crippen LogP contribution in [0, 0.1) is 5.92 Å². The maximum Gasteiger partial charge on any atom is 0.234 e. The first-order chi connectivity index (χ1) is 13.1. The number of nitrogens with zero attached hydrogens (tertiary/aromatic N) is 2. The molecule has 0 aliphatic heterocycles. The molecular weight excluding hydrogens is 378 g/mol. The molecule has 1 unspecified atom stereocenters. The fourth-order valence-electron chi connectivity index (χ4n) is 3.36. The van der Waals surface area contributed by atoms with Crippen molar-refractivity contribution in [2.75, 3.05) is 18.2 Å². The lowest BCUT2D eigenvalue weighted by atomic mass is 9.89. The number of carbonyl (C=O) groups excluding carboxylic acids is 1. The summed E-state index contributed by atoms with van der Waals surface area (Å²) in [5.74, 6) is 1.76. The lowest BCUT2D eigenvalue weighted by Gasteiger charge is -2.18. The monoisotopic (exact) mass is 399 g/mol. The van der Waals surface area contributed by atoms with E-state index in [1.807, 2.05) is 24.3 Å². The van der Waals surface area contributed by atoms with E-state index in [1.165, 1.54) is 28.6 Å². The van der Waals surface area contributed by atoms with Gasteiger partial charge in [0.1, 0.15) is 21.9 Å². The van der Waals surface area contributed by atoms with E-state index in [2.05, 4.69) is 22.2 Å². The van der Waals surface area contributed by atoms with Crippen molar-refractivity contribution in [1.82, 2.24) is 9.97 Å². The van der Waals surface area contributed by atoms with Crippen molar-refractivity contribution >= 4 is 44.9 Å². The fraction of sp³-hybridized carbons (Fsp3) is 0.350. The topological polar surface area (TPSA) is 64.1 Å². The summed E-state index contributed by atoms with van der Waals surface area (Å²) in [5, 5.41) is 4.99. The van der Waals surface area contributed by atoms with Crippen LogP contribution in [-0.4, -0.2) is 28.7 Å². The molecule has 2 aromatic heterocycles. The number of hydrogen-bond acceptors (Lipinski definition) is 6. The van der Waals surface area contributed by atoms with Crippen molar-refractivity contribution in [2.45, 2.75) is 31.2 Å². The van der Waals surface area contributed by atoms with Crippen molar-refractivity contribution in [1.29, 1.82) is 0 Å². The van der Waals surface area contributed by atoms with Gasteiger partial charge in [0.05, 0.1) is 12.9 Å². The Kier molecular flexibility index (Phi) is 5.31. The zero-order valence-corrected chi connectivity index (χ0v) is 17.0. The summed E-state index contributed by atoms with van der Waals surface area (Å²) in [5.41, 5.74) is 2.16. The van der Waals surface area contributed by atoms with Gasteiger partial charge >= 0.3 is 0 Å². The second-order valence-corrected chi connectivity index (χ2v) is 8.82. The normalized spacial score (nSPS) is 16.1. The smallest absolute Gasteiger partial charge is 0.234 e. The quantitative estimate of drug-likeness (QED) is 0.503. The van der Waals surface area contributed by atoms with E-state index in [0.29, 0.717) is 5.75 Å². The Morgan fingerprint density at radius 2 is 2.15 bits per heavy atom. The molecule has 1 aliphatic carbocycles. The Labute approximate surface area is 166 Å². The Morgan fingerprint density at radius 1 is 1.33 bits per heavy atom. The van der Waals surface area contributed by atoms with Gasteiger partial charge in [-0.2, -0.15) is 0 Å². The second-order valence-electron chi connectivity index (χ2n) is 6.78. The van der Waals surface area contributed by atoms with Crippen LogP contribution in [0.15, 0.2) is 35.6 Å². The molecule has 0 saturated heterocycles. The molecule has 5 nitrogen and oxygen atoms in total. The molecule has 140 valence electrons. The van der Waals surface area contributed by atoms with Gasteiger partial charge in [0, 0.05) is 16.0 Å². The van der Waals surface area contributed by atoms with Crippen LogP contribution < -0.4 is 10.1 Å². The highest BCUT2D eigenvalue weighted by molar-refractivity contribution is 8.00. The van der Waals surface area contributed by atoms with E-state index in [4.69, 9.17) is 4.74 Å². The summed E-state index contributed by atoms with van der Waals surface area (Å²) in [4.78, 5) is 23.8. The predicted octanol–water partition coefficient (Wildman–Crippen LogP) is 4.56. The lowest BCUT2D eigenvalue weighted by Crippen LogP contribution is -2.14. The third-order valence-electron chi connectivity index (χ3n) is 4.77. The van der Waals surface area contributed by atoms with Crippen LogP contribution in [0.25, 0.3) is 10.2 Å². The Bertz CT molecular complexity index is 969. The average Bonchev–Trinajstić information content (AvgIpc) is 3.05. The number of nitrogens with one attached hydrogen (secondary N) is 1. The largest absolute Gasteiger partial charge is 0.497 e. The molecule has 0 spiro atoms. The highest BCUT2D eigenvalue weighted by atomic mass is 32.2. The molecule has 2 heterocycles. The van der Waals surface area contributed by atoms with Gasteiger partial charge < -0.3 is 10.1 Å². The second kappa shape index (κ2) is 7.86. The summed E-state index contributed by atoms with van der Waals surface area (Å²) in [6, 6.07) is 7.33. The van der Waals surface area contributed by atoms with Gasteiger partial charge in [-0.15, -0.1) is 11.3 Å². The molecule has 1 amide bonds. The molecule has 0 fully saturated rings. The third-order valence-corrected chi connectivity index (χ3v) is 6.92. The predicted molar refractivity (Wildman–Crippen MR) is 111 cm³/mol. The molecule has 27 heavy (non-hydrogen) atoms. The number of hydrogen-bond donors (Lipinski definition) is 1. The number of thioether (sulfide) groups is 1. The van der Waals surface area contributed by atoms with Gasteiger partial charge in [-0.05, 0) is 55.0 Å². The van der Waals surface area contributed by atoms with E-state index >= 15 is 0 Å². The fourth-order valence-corrected chi connectivity index (χ4v) is 5.60. The zero-order chi connectivity index (χ0) is 18.8. The lowest BCUT2D eigenvalue weighted by molar-refractivity contribution is -0.113. The van der Waals surface area contributed by atoms with Crippen LogP contribution >= 0.6 is 23.1 Å². The summed E-state index contributed by atoms with van der Waals surface area (Å²) in [6.45, 7) is 2.30. The van der Waals surface area contributed by atoms with Gasteiger partial charge in [-0.3, -0.25) is 4.79 Å². The summed E-state index contributed by atoms with van der Waals surface area (Å²) in [6.07, 6.45) is 5.01. The number of fused-ring (bicyclic) bond motifs is 3. The number of aryl methyl sites for hydroxylation is 1. The SMILES string of the molecule is COc1ccc(NC(=O)CSc2ncnc3sc4c(c23)CCC(C)C4)cc1. The number of benzene rings is 1. The van der Waals surface area contributed by atoms with Gasteiger partial charge in [0.15, 0.2) is 0 Å². The van der Waals surface area contributed by atoms with Crippen LogP contribution in [0.5, 0.6) is 5.75 Å². The first kappa shape index (κ1) is 18.3. The number of ether oxygens (including phenoxy) is 1. The van der Waals surface area contributed by atoms with Gasteiger partial charge in [0.25, 0.3) is 0 Å². The third kappa shape index (κ3) is 3.94.